The molecule has 4 heteroatoms. The SMILES string of the molecule is CCCC(C)Cc1nc(C(=O)O)cc2ccc(Oc3ccc(C(C)C)cc3)cc12. The Kier molecular flexibility index (Phi) is 6.53. The number of benzene rings is 2. The second-order valence-corrected chi connectivity index (χ2v) is 8.07. The molecule has 29 heavy (non-hydrogen) atoms. The zero-order chi connectivity index (χ0) is 21.0. The maximum atomic E-state index is 11.5. The van der Waals surface area contributed by atoms with Crippen LogP contribution in [0.1, 0.15) is 68.2 Å². The van der Waals surface area contributed by atoms with Gasteiger partial charge in [-0.1, -0.05) is 58.7 Å². The number of ether oxygens (including phenoxy) is 1. The third kappa shape index (κ3) is 5.14. The number of aromatic nitrogens is 1. The molecule has 1 aromatic heterocycles. The maximum absolute atomic E-state index is 11.5. The molecular formula is C25H29NO3. The molecule has 0 saturated carbocycles. The van der Waals surface area contributed by atoms with Gasteiger partial charge in [0.05, 0.1) is 0 Å². The molecule has 0 aliphatic rings. The van der Waals surface area contributed by atoms with Crippen molar-refractivity contribution < 1.29 is 14.6 Å². The molecule has 4 nitrogen and oxygen atoms in total. The van der Waals surface area contributed by atoms with E-state index in [1.807, 2.05) is 30.3 Å². The zero-order valence-electron chi connectivity index (χ0n) is 17.6. The van der Waals surface area contributed by atoms with E-state index in [-0.39, 0.29) is 5.69 Å². The molecule has 2 aromatic carbocycles. The topological polar surface area (TPSA) is 59.4 Å². The second kappa shape index (κ2) is 9.08. The first-order chi connectivity index (χ1) is 13.9. The minimum Gasteiger partial charge on any atom is -0.477 e. The van der Waals surface area contributed by atoms with Gasteiger partial charge in [0, 0.05) is 11.1 Å². The van der Waals surface area contributed by atoms with E-state index in [1.165, 1.54) is 5.56 Å². The van der Waals surface area contributed by atoms with Crippen molar-refractivity contribution in [2.45, 2.75) is 52.9 Å². The van der Waals surface area contributed by atoms with Gasteiger partial charge < -0.3 is 9.84 Å². The van der Waals surface area contributed by atoms with Crippen molar-refractivity contribution in [3.63, 3.8) is 0 Å². The Hall–Kier alpha value is -2.88. The smallest absolute Gasteiger partial charge is 0.354 e. The number of aromatic carboxylic acids is 1. The van der Waals surface area contributed by atoms with Crippen molar-refractivity contribution in [2.75, 3.05) is 0 Å². The standard InChI is InChI=1S/C25H29NO3/c1-5-6-17(4)13-23-22-15-21(12-9-19(22)14-24(26-23)25(27)28)29-20-10-7-18(8-11-20)16(2)3/h7-12,14-17H,5-6,13H2,1-4H3,(H,27,28). The summed E-state index contributed by atoms with van der Waals surface area (Å²) in [5.74, 6) is 1.43. The summed E-state index contributed by atoms with van der Waals surface area (Å²) in [4.78, 5) is 16.0. The number of carboxylic acids is 1. The number of rotatable bonds is 8. The molecule has 0 radical (unpaired) electrons. The van der Waals surface area contributed by atoms with Crippen molar-refractivity contribution in [3.05, 3.63) is 65.5 Å². The van der Waals surface area contributed by atoms with Gasteiger partial charge in [-0.15, -0.1) is 0 Å². The molecule has 0 spiro atoms. The third-order valence-electron chi connectivity index (χ3n) is 5.21. The molecule has 0 fully saturated rings. The fraction of sp³-hybridized carbons (Fsp3) is 0.360. The van der Waals surface area contributed by atoms with Gasteiger partial charge in [0.2, 0.25) is 0 Å². The van der Waals surface area contributed by atoms with Gasteiger partial charge >= 0.3 is 5.97 Å². The molecule has 0 amide bonds. The van der Waals surface area contributed by atoms with Crippen LogP contribution in [0.2, 0.25) is 0 Å². The van der Waals surface area contributed by atoms with E-state index in [1.54, 1.807) is 6.07 Å². The Labute approximate surface area is 172 Å². The van der Waals surface area contributed by atoms with Crippen LogP contribution in [0, 0.1) is 5.92 Å². The number of carboxylic acid groups (broad SMARTS) is 1. The lowest BCUT2D eigenvalue weighted by Gasteiger charge is -2.14. The molecule has 0 saturated heterocycles. The summed E-state index contributed by atoms with van der Waals surface area (Å²) < 4.78 is 6.06. The van der Waals surface area contributed by atoms with Crippen molar-refractivity contribution >= 4 is 16.7 Å². The Morgan fingerprint density at radius 3 is 2.34 bits per heavy atom. The number of hydrogen-bond donors (Lipinski definition) is 1. The largest absolute Gasteiger partial charge is 0.477 e. The molecular weight excluding hydrogens is 362 g/mol. The molecule has 1 heterocycles. The minimum atomic E-state index is -0.998. The van der Waals surface area contributed by atoms with Gasteiger partial charge in [-0.2, -0.15) is 0 Å². The molecule has 0 aliphatic heterocycles. The summed E-state index contributed by atoms with van der Waals surface area (Å²) in [5.41, 5.74) is 2.18. The van der Waals surface area contributed by atoms with E-state index in [0.717, 1.165) is 47.2 Å². The van der Waals surface area contributed by atoms with Crippen LogP contribution in [0.5, 0.6) is 11.5 Å². The molecule has 1 N–H and O–H groups in total. The van der Waals surface area contributed by atoms with E-state index in [9.17, 15) is 9.90 Å². The molecule has 3 rings (SSSR count). The van der Waals surface area contributed by atoms with Crippen LogP contribution >= 0.6 is 0 Å². The van der Waals surface area contributed by atoms with Gasteiger partial charge in [0.15, 0.2) is 0 Å². The molecule has 152 valence electrons. The molecule has 3 aromatic rings. The van der Waals surface area contributed by atoms with Crippen LogP contribution < -0.4 is 4.74 Å². The highest BCUT2D eigenvalue weighted by molar-refractivity contribution is 5.94. The Morgan fingerprint density at radius 1 is 1.03 bits per heavy atom. The fourth-order valence-electron chi connectivity index (χ4n) is 3.61. The average Bonchev–Trinajstić information content (AvgIpc) is 2.68. The summed E-state index contributed by atoms with van der Waals surface area (Å²) in [7, 11) is 0. The fourth-order valence-corrected chi connectivity index (χ4v) is 3.61. The monoisotopic (exact) mass is 391 g/mol. The van der Waals surface area contributed by atoms with Crippen LogP contribution in [0.4, 0.5) is 0 Å². The van der Waals surface area contributed by atoms with E-state index < -0.39 is 5.97 Å². The third-order valence-corrected chi connectivity index (χ3v) is 5.21. The number of hydrogen-bond acceptors (Lipinski definition) is 3. The summed E-state index contributed by atoms with van der Waals surface area (Å²) in [5, 5.41) is 11.3. The quantitative estimate of drug-likeness (QED) is 0.457. The second-order valence-electron chi connectivity index (χ2n) is 8.07. The number of nitrogens with zero attached hydrogens (tertiary/aromatic N) is 1. The normalized spacial score (nSPS) is 12.3. The van der Waals surface area contributed by atoms with Crippen LogP contribution in [-0.2, 0) is 6.42 Å². The first kappa shape index (κ1) is 20.8. The lowest BCUT2D eigenvalue weighted by Crippen LogP contribution is -2.07. The number of fused-ring (bicyclic) bond motifs is 1. The lowest BCUT2D eigenvalue weighted by molar-refractivity contribution is 0.0690. The van der Waals surface area contributed by atoms with Crippen LogP contribution in [0.25, 0.3) is 10.8 Å². The van der Waals surface area contributed by atoms with E-state index in [4.69, 9.17) is 4.74 Å². The van der Waals surface area contributed by atoms with E-state index in [0.29, 0.717) is 11.8 Å². The summed E-state index contributed by atoms with van der Waals surface area (Å²) in [6, 6.07) is 15.5. The predicted octanol–water partition coefficient (Wildman–Crippen LogP) is 6.83. The zero-order valence-corrected chi connectivity index (χ0v) is 17.6. The minimum absolute atomic E-state index is 0.0918. The Morgan fingerprint density at radius 2 is 1.72 bits per heavy atom. The Bertz CT molecular complexity index is 993. The van der Waals surface area contributed by atoms with Gasteiger partial charge in [-0.3, -0.25) is 0 Å². The lowest BCUT2D eigenvalue weighted by atomic mass is 9.96. The van der Waals surface area contributed by atoms with Gasteiger partial charge in [0.25, 0.3) is 0 Å². The number of pyridine rings is 1. The summed E-state index contributed by atoms with van der Waals surface area (Å²) in [6.07, 6.45) is 2.93. The molecule has 1 atom stereocenters. The highest BCUT2D eigenvalue weighted by Crippen LogP contribution is 2.30. The first-order valence-electron chi connectivity index (χ1n) is 10.3. The molecule has 0 bridgehead atoms. The van der Waals surface area contributed by atoms with Crippen LogP contribution in [0.15, 0.2) is 48.5 Å². The van der Waals surface area contributed by atoms with Gasteiger partial charge in [0.1, 0.15) is 17.2 Å². The molecule has 0 aliphatic carbocycles. The average molecular weight is 392 g/mol. The van der Waals surface area contributed by atoms with Crippen LogP contribution in [0.3, 0.4) is 0 Å². The van der Waals surface area contributed by atoms with Crippen molar-refractivity contribution in [2.24, 2.45) is 5.92 Å². The highest BCUT2D eigenvalue weighted by atomic mass is 16.5. The van der Waals surface area contributed by atoms with Gasteiger partial charge in [-0.05, 0) is 59.5 Å². The highest BCUT2D eigenvalue weighted by Gasteiger charge is 2.14. The van der Waals surface area contributed by atoms with Crippen molar-refractivity contribution in [3.8, 4) is 11.5 Å². The van der Waals surface area contributed by atoms with E-state index >= 15 is 0 Å². The maximum Gasteiger partial charge on any atom is 0.354 e. The molecule has 1 unspecified atom stereocenters. The Balaban J connectivity index is 1.96. The summed E-state index contributed by atoms with van der Waals surface area (Å²) >= 11 is 0. The number of carbonyl (C=O) groups is 1. The van der Waals surface area contributed by atoms with E-state index in [2.05, 4.69) is 44.8 Å². The summed E-state index contributed by atoms with van der Waals surface area (Å²) in [6.45, 7) is 8.67. The van der Waals surface area contributed by atoms with Crippen LogP contribution in [-0.4, -0.2) is 16.1 Å². The van der Waals surface area contributed by atoms with Gasteiger partial charge in [-0.25, -0.2) is 9.78 Å². The van der Waals surface area contributed by atoms with Crippen molar-refractivity contribution in [1.82, 2.24) is 4.98 Å². The predicted molar refractivity (Wildman–Crippen MR) is 117 cm³/mol. The first-order valence-corrected chi connectivity index (χ1v) is 10.3. The van der Waals surface area contributed by atoms with Crippen molar-refractivity contribution in [1.29, 1.82) is 0 Å².